The predicted molar refractivity (Wildman–Crippen MR) is 80.5 cm³/mol. The molecule has 1 unspecified atom stereocenters. The average Bonchev–Trinajstić information content (AvgIpc) is 2.94. The van der Waals surface area contributed by atoms with Crippen molar-refractivity contribution in [1.29, 1.82) is 0 Å². The Balaban J connectivity index is 2.21. The van der Waals surface area contributed by atoms with Crippen molar-refractivity contribution in [3.05, 3.63) is 57.8 Å². The highest BCUT2D eigenvalue weighted by Crippen LogP contribution is 2.31. The molecule has 1 N–H and O–H groups in total. The van der Waals surface area contributed by atoms with E-state index in [9.17, 15) is 0 Å². The van der Waals surface area contributed by atoms with E-state index >= 15 is 0 Å². The molecular weight excluding hydrogens is 238 g/mol. The number of rotatable bonds is 6. The summed E-state index contributed by atoms with van der Waals surface area (Å²) in [5.41, 5.74) is 2.85. The second kappa shape index (κ2) is 6.72. The first-order chi connectivity index (χ1) is 8.85. The lowest BCUT2D eigenvalue weighted by molar-refractivity contribution is 0.668. The zero-order valence-electron chi connectivity index (χ0n) is 11.1. The van der Waals surface area contributed by atoms with Gasteiger partial charge in [0.05, 0.1) is 0 Å². The van der Waals surface area contributed by atoms with E-state index < -0.39 is 0 Å². The lowest BCUT2D eigenvalue weighted by Crippen LogP contribution is -2.12. The van der Waals surface area contributed by atoms with Gasteiger partial charge in [0.2, 0.25) is 0 Å². The predicted octanol–water partition coefficient (Wildman–Crippen LogP) is 4.05. The van der Waals surface area contributed by atoms with E-state index in [2.05, 4.69) is 54.0 Å². The van der Waals surface area contributed by atoms with Crippen molar-refractivity contribution in [2.24, 2.45) is 0 Å². The second-order valence-corrected chi connectivity index (χ2v) is 5.53. The molecule has 1 aromatic heterocycles. The van der Waals surface area contributed by atoms with Crippen LogP contribution in [0.25, 0.3) is 0 Å². The highest BCUT2D eigenvalue weighted by Gasteiger charge is 2.14. The molecule has 0 amide bonds. The first-order valence-corrected chi connectivity index (χ1v) is 7.50. The molecule has 0 aliphatic rings. The topological polar surface area (TPSA) is 12.0 Å². The van der Waals surface area contributed by atoms with Crippen LogP contribution in [-0.4, -0.2) is 13.6 Å². The fourth-order valence-electron chi connectivity index (χ4n) is 2.24. The molecule has 0 spiro atoms. The molecule has 0 bridgehead atoms. The van der Waals surface area contributed by atoms with Crippen LogP contribution in [-0.2, 0) is 6.42 Å². The smallest absolute Gasteiger partial charge is 0.0196 e. The number of aryl methyl sites for hydroxylation is 1. The lowest BCUT2D eigenvalue weighted by Gasteiger charge is -2.16. The quantitative estimate of drug-likeness (QED) is 0.825. The van der Waals surface area contributed by atoms with Crippen LogP contribution in [0.2, 0.25) is 0 Å². The third-order valence-corrected chi connectivity index (χ3v) is 4.35. The highest BCUT2D eigenvalue weighted by atomic mass is 32.1. The van der Waals surface area contributed by atoms with E-state index in [0.717, 1.165) is 19.4 Å². The van der Waals surface area contributed by atoms with Gasteiger partial charge in [-0.25, -0.2) is 0 Å². The van der Waals surface area contributed by atoms with Crippen LogP contribution in [0.4, 0.5) is 0 Å². The molecule has 0 radical (unpaired) electrons. The van der Waals surface area contributed by atoms with Gasteiger partial charge in [0.15, 0.2) is 0 Å². The summed E-state index contributed by atoms with van der Waals surface area (Å²) in [6.07, 6.45) is 2.27. The van der Waals surface area contributed by atoms with E-state index in [1.807, 2.05) is 18.4 Å². The molecular formula is C16H21NS. The van der Waals surface area contributed by atoms with Gasteiger partial charge in [-0.15, -0.1) is 11.3 Å². The standard InChI is InChI=1S/C16H21NS/c1-3-13-6-8-14(9-7-13)15(10-11-17-2)16-5-4-12-18-16/h4-9,12,15,17H,3,10-11H2,1-2H3. The Morgan fingerprint density at radius 3 is 2.50 bits per heavy atom. The van der Waals surface area contributed by atoms with E-state index in [0.29, 0.717) is 5.92 Å². The molecule has 1 aromatic carbocycles. The maximum Gasteiger partial charge on any atom is 0.0196 e. The third kappa shape index (κ3) is 3.21. The minimum absolute atomic E-state index is 0.531. The Hall–Kier alpha value is -1.12. The average molecular weight is 259 g/mol. The summed E-state index contributed by atoms with van der Waals surface area (Å²) in [5.74, 6) is 0.531. The summed E-state index contributed by atoms with van der Waals surface area (Å²) in [7, 11) is 2.02. The van der Waals surface area contributed by atoms with Gasteiger partial charge in [0, 0.05) is 10.8 Å². The largest absolute Gasteiger partial charge is 0.320 e. The van der Waals surface area contributed by atoms with Gasteiger partial charge in [0.25, 0.3) is 0 Å². The summed E-state index contributed by atoms with van der Waals surface area (Å²) >= 11 is 1.86. The molecule has 0 saturated heterocycles. The third-order valence-electron chi connectivity index (χ3n) is 3.36. The Bertz CT molecular complexity index is 444. The molecule has 0 fully saturated rings. The number of hydrogen-bond donors (Lipinski definition) is 1. The van der Waals surface area contributed by atoms with Crippen LogP contribution in [0.15, 0.2) is 41.8 Å². The summed E-state index contributed by atoms with van der Waals surface area (Å²) in [5, 5.41) is 5.43. The zero-order chi connectivity index (χ0) is 12.8. The maximum atomic E-state index is 3.26. The fraction of sp³-hybridized carbons (Fsp3) is 0.375. The summed E-state index contributed by atoms with van der Waals surface area (Å²) in [4.78, 5) is 1.47. The van der Waals surface area contributed by atoms with Crippen LogP contribution in [0.3, 0.4) is 0 Å². The van der Waals surface area contributed by atoms with E-state index in [1.54, 1.807) is 0 Å². The van der Waals surface area contributed by atoms with E-state index in [-0.39, 0.29) is 0 Å². The Labute approximate surface area is 114 Å². The Morgan fingerprint density at radius 2 is 1.94 bits per heavy atom. The molecule has 0 aliphatic carbocycles. The number of benzene rings is 1. The van der Waals surface area contributed by atoms with Crippen molar-refractivity contribution in [2.75, 3.05) is 13.6 Å². The first kappa shape index (κ1) is 13.3. The molecule has 1 atom stereocenters. The van der Waals surface area contributed by atoms with E-state index in [1.165, 1.54) is 16.0 Å². The number of hydrogen-bond acceptors (Lipinski definition) is 2. The lowest BCUT2D eigenvalue weighted by atomic mass is 9.93. The van der Waals surface area contributed by atoms with Crippen molar-refractivity contribution in [1.82, 2.24) is 5.32 Å². The summed E-state index contributed by atoms with van der Waals surface area (Å²) in [6, 6.07) is 13.5. The Morgan fingerprint density at radius 1 is 1.17 bits per heavy atom. The molecule has 2 heteroatoms. The van der Waals surface area contributed by atoms with Gasteiger partial charge >= 0.3 is 0 Å². The minimum atomic E-state index is 0.531. The SMILES string of the molecule is CCc1ccc(C(CCNC)c2cccs2)cc1. The van der Waals surface area contributed by atoms with Crippen molar-refractivity contribution in [2.45, 2.75) is 25.7 Å². The maximum absolute atomic E-state index is 3.26. The molecule has 1 heterocycles. The summed E-state index contributed by atoms with van der Waals surface area (Å²) < 4.78 is 0. The fourth-order valence-corrected chi connectivity index (χ4v) is 3.13. The monoisotopic (exact) mass is 259 g/mol. The van der Waals surface area contributed by atoms with Gasteiger partial charge in [-0.05, 0) is 49.0 Å². The first-order valence-electron chi connectivity index (χ1n) is 6.62. The highest BCUT2D eigenvalue weighted by molar-refractivity contribution is 7.10. The van der Waals surface area contributed by atoms with Crippen LogP contribution in [0.5, 0.6) is 0 Å². The van der Waals surface area contributed by atoms with Crippen LogP contribution in [0.1, 0.15) is 35.3 Å². The molecule has 2 aromatic rings. The molecule has 96 valence electrons. The van der Waals surface area contributed by atoms with Gasteiger partial charge in [-0.1, -0.05) is 37.3 Å². The van der Waals surface area contributed by atoms with Gasteiger partial charge in [0.1, 0.15) is 0 Å². The van der Waals surface area contributed by atoms with E-state index in [4.69, 9.17) is 0 Å². The number of thiophene rings is 1. The zero-order valence-corrected chi connectivity index (χ0v) is 12.0. The van der Waals surface area contributed by atoms with Crippen molar-refractivity contribution in [3.8, 4) is 0 Å². The van der Waals surface area contributed by atoms with Crippen LogP contribution < -0.4 is 5.32 Å². The van der Waals surface area contributed by atoms with Gasteiger partial charge in [-0.2, -0.15) is 0 Å². The van der Waals surface area contributed by atoms with Crippen molar-refractivity contribution in [3.63, 3.8) is 0 Å². The second-order valence-electron chi connectivity index (χ2n) is 4.56. The van der Waals surface area contributed by atoms with Crippen LogP contribution >= 0.6 is 11.3 Å². The molecule has 0 aliphatic heterocycles. The molecule has 18 heavy (non-hydrogen) atoms. The minimum Gasteiger partial charge on any atom is -0.320 e. The van der Waals surface area contributed by atoms with Gasteiger partial charge in [-0.3, -0.25) is 0 Å². The summed E-state index contributed by atoms with van der Waals surface area (Å²) in [6.45, 7) is 3.25. The Kier molecular flexibility index (Phi) is 4.97. The van der Waals surface area contributed by atoms with Crippen molar-refractivity contribution >= 4 is 11.3 Å². The molecule has 1 nitrogen and oxygen atoms in total. The molecule has 0 saturated carbocycles. The van der Waals surface area contributed by atoms with Crippen LogP contribution in [0, 0.1) is 0 Å². The van der Waals surface area contributed by atoms with Crippen molar-refractivity contribution < 1.29 is 0 Å². The van der Waals surface area contributed by atoms with Gasteiger partial charge < -0.3 is 5.32 Å². The molecule has 2 rings (SSSR count). The number of nitrogens with one attached hydrogen (secondary N) is 1. The normalized spacial score (nSPS) is 12.6.